The largest absolute Gasteiger partial charge is 0.523 e. The summed E-state index contributed by atoms with van der Waals surface area (Å²) in [5, 5.41) is 7.67. The Labute approximate surface area is 59.9 Å². The van der Waals surface area contributed by atoms with Gasteiger partial charge in [-0.05, 0) is 12.8 Å². The van der Waals surface area contributed by atoms with Crippen LogP contribution in [0.15, 0.2) is 0 Å². The lowest BCUT2D eigenvalue weighted by Crippen LogP contribution is -2.12. The quantitative estimate of drug-likeness (QED) is 0.541. The number of hydrogen-bond acceptors (Lipinski definition) is 3. The molecule has 10 heavy (non-hydrogen) atoms. The molecule has 56 valence electrons. The first kappa shape index (κ1) is 7.48. The Kier molecular flexibility index (Phi) is 1.90. The van der Waals surface area contributed by atoms with E-state index in [0.717, 1.165) is 12.8 Å². The van der Waals surface area contributed by atoms with Crippen molar-refractivity contribution >= 4 is 10.0 Å². The van der Waals surface area contributed by atoms with Crippen LogP contribution in [-0.4, -0.2) is 13.7 Å². The Morgan fingerprint density at radius 1 is 1.30 bits per heavy atom. The maximum Gasteiger partial charge on any atom is 0.523 e. The van der Waals surface area contributed by atoms with Crippen molar-refractivity contribution in [2.75, 3.05) is 0 Å². The lowest BCUT2D eigenvalue weighted by Gasteiger charge is -1.90. The van der Waals surface area contributed by atoms with Crippen LogP contribution in [0.25, 0.3) is 4.38 Å². The van der Waals surface area contributed by atoms with Crippen LogP contribution in [0.5, 0.6) is 0 Å². The van der Waals surface area contributed by atoms with Gasteiger partial charge in [-0.25, -0.2) is 0 Å². The molecule has 4 nitrogen and oxygen atoms in total. The molecule has 1 fully saturated rings. The molecule has 0 bridgehead atoms. The highest BCUT2D eigenvalue weighted by Crippen LogP contribution is 2.25. The van der Waals surface area contributed by atoms with Gasteiger partial charge in [0.1, 0.15) is 5.25 Å². The van der Waals surface area contributed by atoms with Crippen molar-refractivity contribution in [2.45, 2.75) is 30.9 Å². The third-order valence-electron chi connectivity index (χ3n) is 1.84. The van der Waals surface area contributed by atoms with Gasteiger partial charge in [-0.3, -0.25) is 0 Å². The summed E-state index contributed by atoms with van der Waals surface area (Å²) in [6.45, 7) is 0. The van der Waals surface area contributed by atoms with Gasteiger partial charge >= 0.3 is 10.0 Å². The van der Waals surface area contributed by atoms with Gasteiger partial charge in [-0.2, -0.15) is 0 Å². The van der Waals surface area contributed by atoms with Crippen molar-refractivity contribution in [1.82, 2.24) is 0 Å². The molecule has 0 aromatic heterocycles. The average molecular weight is 161 g/mol. The van der Waals surface area contributed by atoms with Crippen molar-refractivity contribution < 1.29 is 8.42 Å². The van der Waals surface area contributed by atoms with E-state index in [1.807, 2.05) is 0 Å². The van der Waals surface area contributed by atoms with Crippen LogP contribution in [0.3, 0.4) is 0 Å². The molecule has 0 radical (unpaired) electrons. The molecule has 0 amide bonds. The molecule has 0 spiro atoms. The van der Waals surface area contributed by atoms with Gasteiger partial charge in [0.15, 0.2) is 0 Å². The van der Waals surface area contributed by atoms with Gasteiger partial charge in [-0.15, -0.1) is 8.42 Å². The molecule has 0 aromatic rings. The van der Waals surface area contributed by atoms with Gasteiger partial charge in [0.2, 0.25) is 5.39 Å². The third kappa shape index (κ3) is 1.27. The van der Waals surface area contributed by atoms with Gasteiger partial charge in [0.25, 0.3) is 4.38 Å². The molecule has 0 unspecified atom stereocenters. The topological polar surface area (TPSA) is 62.3 Å². The Hall–Kier alpha value is -0.630. The van der Waals surface area contributed by atoms with Crippen molar-refractivity contribution in [3.8, 4) is 0 Å². The molecule has 1 aliphatic rings. The Morgan fingerprint density at radius 3 is 2.20 bits per heavy atom. The maximum absolute atomic E-state index is 10.8. The van der Waals surface area contributed by atoms with Crippen LogP contribution in [-0.2, 0) is 10.0 Å². The SMILES string of the molecule is N#[N+]S(=O)(=O)C1CCCC1. The minimum Gasteiger partial charge on any atom is -0.145 e. The van der Waals surface area contributed by atoms with E-state index in [-0.39, 0.29) is 0 Å². The fourth-order valence-corrected chi connectivity index (χ4v) is 2.32. The van der Waals surface area contributed by atoms with E-state index in [2.05, 4.69) is 4.38 Å². The fraction of sp³-hybridized carbons (Fsp3) is 1.00. The molecule has 0 heterocycles. The number of sulfonamides is 1. The lowest BCUT2D eigenvalue weighted by molar-refractivity contribution is 0.587. The Balaban J connectivity index is 2.76. The number of hydrogen-bond donors (Lipinski definition) is 0. The van der Waals surface area contributed by atoms with E-state index in [1.165, 1.54) is 0 Å². The molecule has 0 aromatic carbocycles. The third-order valence-corrected chi connectivity index (χ3v) is 3.38. The minimum atomic E-state index is -3.52. The number of diazo groups is 1. The van der Waals surface area contributed by atoms with E-state index in [1.54, 1.807) is 0 Å². The maximum atomic E-state index is 10.8. The summed E-state index contributed by atoms with van der Waals surface area (Å²) in [6, 6.07) is 0. The molecule has 1 rings (SSSR count). The molecule has 0 saturated heterocycles. The zero-order valence-electron chi connectivity index (χ0n) is 5.52. The van der Waals surface area contributed by atoms with Gasteiger partial charge < -0.3 is 0 Å². The first-order valence-corrected chi connectivity index (χ1v) is 4.77. The summed E-state index contributed by atoms with van der Waals surface area (Å²) < 4.78 is 23.9. The van der Waals surface area contributed by atoms with Crippen molar-refractivity contribution in [1.29, 1.82) is 5.39 Å². The number of nitrogens with zero attached hydrogens (tertiary/aromatic N) is 2. The molecule has 1 saturated carbocycles. The lowest BCUT2D eigenvalue weighted by atomic mass is 10.4. The summed E-state index contributed by atoms with van der Waals surface area (Å²) in [7, 11) is -3.52. The van der Waals surface area contributed by atoms with Crippen molar-refractivity contribution in [3.63, 3.8) is 0 Å². The van der Waals surface area contributed by atoms with Crippen LogP contribution < -0.4 is 0 Å². The smallest absolute Gasteiger partial charge is 0.145 e. The standard InChI is InChI=1S/C5H9N2O2S/c6-7-10(8,9)5-3-1-2-4-5/h5H,1-4H2/q+1. The summed E-state index contributed by atoms with van der Waals surface area (Å²) in [6.07, 6.45) is 3.15. The fourth-order valence-electron chi connectivity index (χ4n) is 1.25. The molecule has 0 aliphatic heterocycles. The van der Waals surface area contributed by atoms with E-state index in [4.69, 9.17) is 5.39 Å². The Bertz CT molecular complexity index is 245. The van der Waals surface area contributed by atoms with Gasteiger partial charge in [0.05, 0.1) is 0 Å². The molecule has 1 aliphatic carbocycles. The van der Waals surface area contributed by atoms with Crippen LogP contribution in [0.1, 0.15) is 25.7 Å². The summed E-state index contributed by atoms with van der Waals surface area (Å²) >= 11 is 0. The second-order valence-corrected chi connectivity index (χ2v) is 4.36. The summed E-state index contributed by atoms with van der Waals surface area (Å²) in [5.41, 5.74) is 0. The summed E-state index contributed by atoms with van der Waals surface area (Å²) in [5.74, 6) is 0. The molecular formula is C5H9N2O2S+. The minimum absolute atomic E-state index is 0.419. The first-order valence-electron chi connectivity index (χ1n) is 3.27. The number of rotatable bonds is 1. The normalized spacial score (nSPS) is 20.7. The van der Waals surface area contributed by atoms with E-state index in [9.17, 15) is 8.42 Å². The zero-order chi connectivity index (χ0) is 7.61. The van der Waals surface area contributed by atoms with Crippen LogP contribution in [0, 0.1) is 5.39 Å². The Morgan fingerprint density at radius 2 is 1.80 bits per heavy atom. The highest BCUT2D eigenvalue weighted by atomic mass is 32.2. The predicted molar refractivity (Wildman–Crippen MR) is 36.3 cm³/mol. The molecule has 0 atom stereocenters. The predicted octanol–water partition coefficient (Wildman–Crippen LogP) is 1.11. The molecule has 5 heteroatoms. The van der Waals surface area contributed by atoms with Crippen LogP contribution >= 0.6 is 0 Å². The monoisotopic (exact) mass is 161 g/mol. The highest BCUT2D eigenvalue weighted by Gasteiger charge is 2.38. The average Bonchev–Trinajstić information content (AvgIpc) is 2.38. The zero-order valence-corrected chi connectivity index (χ0v) is 6.34. The van der Waals surface area contributed by atoms with E-state index < -0.39 is 15.3 Å². The second-order valence-electron chi connectivity index (χ2n) is 2.50. The van der Waals surface area contributed by atoms with Gasteiger partial charge in [-0.1, -0.05) is 12.8 Å². The van der Waals surface area contributed by atoms with Crippen molar-refractivity contribution in [2.24, 2.45) is 0 Å². The van der Waals surface area contributed by atoms with E-state index >= 15 is 0 Å². The second kappa shape index (κ2) is 2.54. The van der Waals surface area contributed by atoms with E-state index in [0.29, 0.717) is 12.8 Å². The summed E-state index contributed by atoms with van der Waals surface area (Å²) in [4.78, 5) is 0. The van der Waals surface area contributed by atoms with Crippen LogP contribution in [0.2, 0.25) is 0 Å². The molecular weight excluding hydrogens is 152 g/mol. The van der Waals surface area contributed by atoms with Crippen LogP contribution in [0.4, 0.5) is 0 Å². The van der Waals surface area contributed by atoms with Gasteiger partial charge in [0, 0.05) is 0 Å². The first-order chi connectivity index (χ1) is 4.67. The van der Waals surface area contributed by atoms with Crippen molar-refractivity contribution in [3.05, 3.63) is 4.38 Å². The highest BCUT2D eigenvalue weighted by molar-refractivity contribution is 7.93. The molecule has 0 N–H and O–H groups in total.